The Kier molecular flexibility index (Phi) is 5.40. The number of para-hydroxylation sites is 1. The van der Waals surface area contributed by atoms with Gasteiger partial charge < -0.3 is 10.0 Å². The summed E-state index contributed by atoms with van der Waals surface area (Å²) in [4.78, 5) is 39.4. The second kappa shape index (κ2) is 8.26. The third-order valence-corrected chi connectivity index (χ3v) is 7.07. The van der Waals surface area contributed by atoms with Crippen LogP contribution in [0, 0.1) is 10.1 Å². The number of nitrogens with zero attached hydrogens (tertiary/aromatic N) is 2. The maximum Gasteiger partial charge on any atom is 0.262 e. The number of hydrogen-bond donors (Lipinski definition) is 0. The van der Waals surface area contributed by atoms with E-state index < -0.39 is 22.3 Å². The molecule has 7 nitrogen and oxygen atoms in total. The van der Waals surface area contributed by atoms with Crippen molar-refractivity contribution in [2.45, 2.75) is 44.4 Å². The molecule has 0 bridgehead atoms. The number of hydrogen-bond acceptors (Lipinski definition) is 6. The lowest BCUT2D eigenvalue weighted by atomic mass is 9.70. The van der Waals surface area contributed by atoms with Gasteiger partial charge in [0.05, 0.1) is 4.92 Å². The van der Waals surface area contributed by atoms with E-state index in [1.807, 2.05) is 29.2 Å². The lowest BCUT2D eigenvalue weighted by Gasteiger charge is -2.44. The summed E-state index contributed by atoms with van der Waals surface area (Å²) < 4.78 is 0.872. The molecule has 0 radical (unpaired) electrons. The number of anilines is 1. The second-order valence-corrected chi connectivity index (χ2v) is 9.39. The SMILES string of the molecule is O=C1CCCC2=C1C(c1cccc([N+](=O)[O-])c1[O-])C1=C(CCCC1=O)N2c1cccc(Br)c1. The topological polar surface area (TPSA) is 104 Å². The van der Waals surface area contributed by atoms with Crippen molar-refractivity contribution < 1.29 is 19.6 Å². The lowest BCUT2D eigenvalue weighted by Crippen LogP contribution is -2.39. The lowest BCUT2D eigenvalue weighted by molar-refractivity contribution is -0.398. The summed E-state index contributed by atoms with van der Waals surface area (Å²) in [7, 11) is 0. The van der Waals surface area contributed by atoms with Crippen molar-refractivity contribution in [1.29, 1.82) is 0 Å². The van der Waals surface area contributed by atoms with Crippen LogP contribution in [0.2, 0.25) is 0 Å². The van der Waals surface area contributed by atoms with E-state index in [0.29, 0.717) is 49.7 Å². The van der Waals surface area contributed by atoms with Gasteiger partial charge in [-0.25, -0.2) is 0 Å². The Bertz CT molecular complexity index is 1240. The molecular formula is C25H20BrN2O5-. The molecule has 0 saturated heterocycles. The van der Waals surface area contributed by atoms with Gasteiger partial charge in [-0.15, -0.1) is 0 Å². The number of nitro groups is 1. The predicted molar refractivity (Wildman–Crippen MR) is 124 cm³/mol. The molecule has 0 fully saturated rings. The van der Waals surface area contributed by atoms with E-state index >= 15 is 0 Å². The molecule has 0 N–H and O–H groups in total. The van der Waals surface area contributed by atoms with E-state index in [4.69, 9.17) is 0 Å². The second-order valence-electron chi connectivity index (χ2n) is 8.48. The zero-order valence-corrected chi connectivity index (χ0v) is 19.3. The maximum atomic E-state index is 13.3. The zero-order valence-electron chi connectivity index (χ0n) is 17.7. The summed E-state index contributed by atoms with van der Waals surface area (Å²) in [6.45, 7) is 0. The first kappa shape index (κ1) is 21.6. The molecule has 0 saturated carbocycles. The number of Topliss-reactive ketones (excluding diaryl/α,β-unsaturated/α-hetero) is 2. The molecule has 0 spiro atoms. The van der Waals surface area contributed by atoms with E-state index in [2.05, 4.69) is 15.9 Å². The Labute approximate surface area is 198 Å². The van der Waals surface area contributed by atoms with E-state index in [-0.39, 0.29) is 17.1 Å². The number of halogens is 1. The van der Waals surface area contributed by atoms with Crippen LogP contribution in [0.5, 0.6) is 5.75 Å². The van der Waals surface area contributed by atoms with Crippen LogP contribution in [0.3, 0.4) is 0 Å². The molecule has 1 aliphatic heterocycles. The van der Waals surface area contributed by atoms with E-state index in [9.17, 15) is 24.8 Å². The van der Waals surface area contributed by atoms with Crippen molar-refractivity contribution in [2.24, 2.45) is 0 Å². The molecule has 0 amide bonds. The predicted octanol–water partition coefficient (Wildman–Crippen LogP) is 5.05. The summed E-state index contributed by atoms with van der Waals surface area (Å²) in [5.41, 5.74) is 2.85. The normalized spacial score (nSPS) is 19.0. The van der Waals surface area contributed by atoms with Crippen LogP contribution in [-0.4, -0.2) is 16.5 Å². The minimum atomic E-state index is -0.869. The highest BCUT2D eigenvalue weighted by Gasteiger charge is 2.44. The number of carbonyl (C=O) groups is 2. The van der Waals surface area contributed by atoms with Crippen molar-refractivity contribution in [3.63, 3.8) is 0 Å². The van der Waals surface area contributed by atoms with Crippen LogP contribution in [-0.2, 0) is 9.59 Å². The van der Waals surface area contributed by atoms with Crippen molar-refractivity contribution in [1.82, 2.24) is 0 Å². The van der Waals surface area contributed by atoms with Crippen LogP contribution in [0.4, 0.5) is 11.4 Å². The van der Waals surface area contributed by atoms with Crippen LogP contribution in [0.15, 0.2) is 69.5 Å². The molecule has 3 aliphatic rings. The minimum absolute atomic E-state index is 0.114. The molecule has 1 heterocycles. The third-order valence-electron chi connectivity index (χ3n) is 6.57. The van der Waals surface area contributed by atoms with Gasteiger partial charge in [-0.3, -0.25) is 19.7 Å². The maximum absolute atomic E-state index is 13.3. The Balaban J connectivity index is 1.82. The van der Waals surface area contributed by atoms with Gasteiger partial charge in [-0.1, -0.05) is 34.1 Å². The summed E-state index contributed by atoms with van der Waals surface area (Å²) in [5, 5.41) is 24.6. The van der Waals surface area contributed by atoms with Crippen LogP contribution < -0.4 is 10.0 Å². The number of allylic oxidation sites excluding steroid dienone is 4. The average Bonchev–Trinajstić information content (AvgIpc) is 2.78. The zero-order chi connectivity index (χ0) is 23.3. The van der Waals surface area contributed by atoms with Gasteiger partial charge in [0, 0.05) is 57.5 Å². The number of ketones is 2. The molecule has 2 aromatic rings. The largest absolute Gasteiger partial charge is 0.868 e. The van der Waals surface area contributed by atoms with Crippen molar-refractivity contribution >= 4 is 38.9 Å². The fourth-order valence-electron chi connectivity index (χ4n) is 5.27. The Morgan fingerprint density at radius 2 is 1.52 bits per heavy atom. The first-order valence-electron chi connectivity index (χ1n) is 10.9. The van der Waals surface area contributed by atoms with Crippen LogP contribution in [0.1, 0.15) is 50.0 Å². The fraction of sp³-hybridized carbons (Fsp3) is 0.280. The van der Waals surface area contributed by atoms with Gasteiger partial charge in [-0.05, 0) is 55.2 Å². The van der Waals surface area contributed by atoms with Crippen LogP contribution >= 0.6 is 15.9 Å². The van der Waals surface area contributed by atoms with Gasteiger partial charge in [0.15, 0.2) is 11.6 Å². The summed E-state index contributed by atoms with van der Waals surface area (Å²) in [6.07, 6.45) is 3.23. The molecule has 168 valence electrons. The molecule has 2 aromatic carbocycles. The third kappa shape index (κ3) is 3.49. The molecule has 8 heteroatoms. The van der Waals surface area contributed by atoms with Gasteiger partial charge in [-0.2, -0.15) is 0 Å². The molecule has 5 rings (SSSR count). The first-order chi connectivity index (χ1) is 15.9. The standard InChI is InChI=1S/C25H21BrN2O5/c26-14-5-1-6-15(13-14)27-17-8-3-11-20(29)23(17)22(24-18(27)9-4-12-21(24)30)16-7-2-10-19(25(16)31)28(32)33/h1-2,5-7,10,13,22,31H,3-4,8-9,11-12H2/p-1. The summed E-state index contributed by atoms with van der Waals surface area (Å²) in [6, 6.07) is 11.8. The van der Waals surface area contributed by atoms with E-state index in [1.165, 1.54) is 18.2 Å². The minimum Gasteiger partial charge on any atom is -0.868 e. The molecule has 2 aliphatic carbocycles. The van der Waals surface area contributed by atoms with Crippen LogP contribution in [0.25, 0.3) is 0 Å². The number of rotatable bonds is 3. The highest BCUT2D eigenvalue weighted by atomic mass is 79.9. The molecule has 0 atom stereocenters. The summed E-state index contributed by atoms with van der Waals surface area (Å²) in [5.74, 6) is -1.83. The fourth-order valence-corrected chi connectivity index (χ4v) is 5.66. The molecular weight excluding hydrogens is 488 g/mol. The highest BCUT2D eigenvalue weighted by Crippen LogP contribution is 2.52. The Morgan fingerprint density at radius 3 is 2.09 bits per heavy atom. The first-order valence-corrected chi connectivity index (χ1v) is 11.7. The van der Waals surface area contributed by atoms with Crippen molar-refractivity contribution in [3.8, 4) is 5.75 Å². The van der Waals surface area contributed by atoms with Crippen molar-refractivity contribution in [3.05, 3.63) is 85.2 Å². The van der Waals surface area contributed by atoms with E-state index in [0.717, 1.165) is 21.6 Å². The van der Waals surface area contributed by atoms with Gasteiger partial charge in [0.25, 0.3) is 5.69 Å². The highest BCUT2D eigenvalue weighted by molar-refractivity contribution is 9.10. The Hall–Kier alpha value is -3.26. The smallest absolute Gasteiger partial charge is 0.262 e. The average molecular weight is 508 g/mol. The number of nitro benzene ring substituents is 1. The quantitative estimate of drug-likeness (QED) is 0.425. The molecule has 33 heavy (non-hydrogen) atoms. The molecule has 0 unspecified atom stereocenters. The monoisotopic (exact) mass is 507 g/mol. The molecule has 0 aromatic heterocycles. The van der Waals surface area contributed by atoms with Gasteiger partial charge in [0.2, 0.25) is 0 Å². The number of carbonyl (C=O) groups excluding carboxylic acids is 2. The van der Waals surface area contributed by atoms with Gasteiger partial charge in [0.1, 0.15) is 0 Å². The van der Waals surface area contributed by atoms with Crippen molar-refractivity contribution in [2.75, 3.05) is 4.90 Å². The summed E-state index contributed by atoms with van der Waals surface area (Å²) >= 11 is 3.51. The van der Waals surface area contributed by atoms with Gasteiger partial charge >= 0.3 is 0 Å². The Morgan fingerprint density at radius 1 is 0.909 bits per heavy atom. The number of benzene rings is 2. The van der Waals surface area contributed by atoms with E-state index in [1.54, 1.807) is 0 Å².